The predicted octanol–water partition coefficient (Wildman–Crippen LogP) is 3.89. The van der Waals surface area contributed by atoms with Crippen LogP contribution in [0.2, 0.25) is 0 Å². The molecule has 1 aliphatic carbocycles. The van der Waals surface area contributed by atoms with Crippen molar-refractivity contribution >= 4 is 41.3 Å². The molecule has 2 rings (SSSR count). The van der Waals surface area contributed by atoms with Gasteiger partial charge in [0.25, 0.3) is 0 Å². The van der Waals surface area contributed by atoms with Crippen molar-refractivity contribution in [3.05, 3.63) is 22.4 Å². The van der Waals surface area contributed by atoms with Crippen LogP contribution in [0.15, 0.2) is 22.5 Å². The van der Waals surface area contributed by atoms with Crippen LogP contribution in [0.4, 0.5) is 0 Å². The number of nitrogens with one attached hydrogen (secondary N) is 2. The quantitative estimate of drug-likeness (QED) is 0.340. The van der Waals surface area contributed by atoms with Crippen molar-refractivity contribution in [1.29, 1.82) is 0 Å². The van der Waals surface area contributed by atoms with Gasteiger partial charge in [-0.3, -0.25) is 4.99 Å². The van der Waals surface area contributed by atoms with E-state index in [9.17, 15) is 5.11 Å². The lowest BCUT2D eigenvalue weighted by atomic mass is 9.85. The first-order valence-electron chi connectivity index (χ1n) is 8.74. The average Bonchev–Trinajstić information content (AvgIpc) is 3.06. The molecule has 0 aliphatic heterocycles. The summed E-state index contributed by atoms with van der Waals surface area (Å²) in [6.45, 7) is 8.64. The maximum absolute atomic E-state index is 10.6. The van der Waals surface area contributed by atoms with Crippen LogP contribution in [-0.2, 0) is 5.41 Å². The number of hydrogen-bond donors (Lipinski definition) is 3. The molecule has 0 unspecified atom stereocenters. The second-order valence-corrected chi connectivity index (χ2v) is 8.14. The van der Waals surface area contributed by atoms with Gasteiger partial charge in [-0.2, -0.15) is 0 Å². The van der Waals surface area contributed by atoms with E-state index in [2.05, 4.69) is 48.9 Å². The molecule has 1 aliphatic rings. The maximum atomic E-state index is 10.6. The molecule has 0 atom stereocenters. The Labute approximate surface area is 167 Å². The first-order chi connectivity index (χ1) is 11.0. The Morgan fingerprint density at radius 3 is 2.58 bits per heavy atom. The van der Waals surface area contributed by atoms with Crippen molar-refractivity contribution in [2.75, 3.05) is 19.6 Å². The molecule has 0 radical (unpaired) electrons. The number of guanidine groups is 1. The summed E-state index contributed by atoms with van der Waals surface area (Å²) >= 11 is 1.78. The Morgan fingerprint density at radius 1 is 1.29 bits per heavy atom. The van der Waals surface area contributed by atoms with Crippen LogP contribution < -0.4 is 10.6 Å². The standard InChI is InChI=1S/C18H31N3OS.HI/c1-4-19-16(21-14-18(22)10-6-5-7-11-18)20-13-17(2,3)15-9-8-12-23-15;/h8-9,12,22H,4-7,10-11,13-14H2,1-3H3,(H2,19,20,21);1H. The van der Waals surface area contributed by atoms with E-state index in [-0.39, 0.29) is 29.4 Å². The molecule has 0 aromatic carbocycles. The van der Waals surface area contributed by atoms with E-state index in [1.54, 1.807) is 11.3 Å². The van der Waals surface area contributed by atoms with Gasteiger partial charge in [0.2, 0.25) is 0 Å². The van der Waals surface area contributed by atoms with Crippen LogP contribution in [0.3, 0.4) is 0 Å². The van der Waals surface area contributed by atoms with Gasteiger partial charge in [0.15, 0.2) is 5.96 Å². The third-order valence-corrected chi connectivity index (χ3v) is 5.77. The molecular formula is C18H32IN3OS. The van der Waals surface area contributed by atoms with Crippen molar-refractivity contribution in [2.45, 2.75) is 63.9 Å². The van der Waals surface area contributed by atoms with E-state index in [0.29, 0.717) is 6.54 Å². The Morgan fingerprint density at radius 2 is 2.00 bits per heavy atom. The van der Waals surface area contributed by atoms with Crippen LogP contribution >= 0.6 is 35.3 Å². The molecule has 0 saturated heterocycles. The fraction of sp³-hybridized carbons (Fsp3) is 0.722. The fourth-order valence-corrected chi connectivity index (χ4v) is 3.84. The molecule has 138 valence electrons. The molecule has 1 fully saturated rings. The Kier molecular flexibility index (Phi) is 9.01. The van der Waals surface area contributed by atoms with Gasteiger partial charge in [-0.15, -0.1) is 35.3 Å². The van der Waals surface area contributed by atoms with Crippen molar-refractivity contribution in [1.82, 2.24) is 10.6 Å². The van der Waals surface area contributed by atoms with E-state index >= 15 is 0 Å². The lowest BCUT2D eigenvalue weighted by molar-refractivity contribution is 0.00859. The Balaban J connectivity index is 0.00000288. The maximum Gasteiger partial charge on any atom is 0.191 e. The van der Waals surface area contributed by atoms with Crippen LogP contribution in [0.5, 0.6) is 0 Å². The van der Waals surface area contributed by atoms with Crippen LogP contribution in [0.25, 0.3) is 0 Å². The number of thiophene rings is 1. The van der Waals surface area contributed by atoms with Gasteiger partial charge in [-0.05, 0) is 31.2 Å². The summed E-state index contributed by atoms with van der Waals surface area (Å²) in [4.78, 5) is 6.10. The third kappa shape index (κ3) is 6.52. The SMILES string of the molecule is CCNC(=NCC(C)(C)c1cccs1)NCC1(O)CCCCC1.I. The smallest absolute Gasteiger partial charge is 0.191 e. The number of hydrogen-bond acceptors (Lipinski definition) is 3. The third-order valence-electron chi connectivity index (χ3n) is 4.53. The highest BCUT2D eigenvalue weighted by molar-refractivity contribution is 14.0. The molecule has 0 amide bonds. The second-order valence-electron chi connectivity index (χ2n) is 7.19. The zero-order valence-corrected chi connectivity index (χ0v) is 18.2. The van der Waals surface area contributed by atoms with Gasteiger partial charge in [0, 0.05) is 23.4 Å². The number of aliphatic imine (C=N–C) groups is 1. The van der Waals surface area contributed by atoms with Gasteiger partial charge in [0.05, 0.1) is 12.1 Å². The molecule has 3 N–H and O–H groups in total. The molecular weight excluding hydrogens is 433 g/mol. The monoisotopic (exact) mass is 465 g/mol. The molecule has 1 aromatic rings. The highest BCUT2D eigenvalue weighted by atomic mass is 127. The van der Waals surface area contributed by atoms with Crippen molar-refractivity contribution in [3.63, 3.8) is 0 Å². The zero-order valence-electron chi connectivity index (χ0n) is 15.1. The summed E-state index contributed by atoms with van der Waals surface area (Å²) in [7, 11) is 0. The van der Waals surface area contributed by atoms with E-state index in [4.69, 9.17) is 4.99 Å². The van der Waals surface area contributed by atoms with Gasteiger partial charge in [-0.1, -0.05) is 39.2 Å². The van der Waals surface area contributed by atoms with Crippen molar-refractivity contribution in [3.8, 4) is 0 Å². The number of nitrogens with zero attached hydrogens (tertiary/aromatic N) is 1. The molecule has 0 spiro atoms. The second kappa shape index (κ2) is 9.97. The van der Waals surface area contributed by atoms with E-state index in [1.165, 1.54) is 11.3 Å². The topological polar surface area (TPSA) is 56.7 Å². The molecule has 24 heavy (non-hydrogen) atoms. The molecule has 1 saturated carbocycles. The normalized spacial score (nSPS) is 17.9. The summed E-state index contributed by atoms with van der Waals surface area (Å²) in [6, 6.07) is 4.26. The average molecular weight is 465 g/mol. The minimum atomic E-state index is -0.572. The summed E-state index contributed by atoms with van der Waals surface area (Å²) in [5.74, 6) is 0.802. The first-order valence-corrected chi connectivity index (χ1v) is 9.62. The molecule has 1 heterocycles. The highest BCUT2D eigenvalue weighted by Crippen LogP contribution is 2.28. The largest absolute Gasteiger partial charge is 0.388 e. The van der Waals surface area contributed by atoms with Gasteiger partial charge in [-0.25, -0.2) is 0 Å². The van der Waals surface area contributed by atoms with Gasteiger partial charge in [0.1, 0.15) is 0 Å². The number of aliphatic hydroxyl groups is 1. The van der Waals surface area contributed by atoms with Crippen molar-refractivity contribution in [2.24, 2.45) is 4.99 Å². The van der Waals surface area contributed by atoms with Crippen LogP contribution in [-0.4, -0.2) is 36.3 Å². The Hall–Kier alpha value is -0.340. The zero-order chi connectivity index (χ0) is 16.8. The van der Waals surface area contributed by atoms with Crippen LogP contribution in [0, 0.1) is 0 Å². The predicted molar refractivity (Wildman–Crippen MR) is 115 cm³/mol. The van der Waals surface area contributed by atoms with E-state index in [0.717, 1.165) is 44.7 Å². The lowest BCUT2D eigenvalue weighted by Gasteiger charge is -2.32. The van der Waals surface area contributed by atoms with Crippen LogP contribution in [0.1, 0.15) is 57.8 Å². The van der Waals surface area contributed by atoms with E-state index < -0.39 is 5.60 Å². The summed E-state index contributed by atoms with van der Waals surface area (Å²) in [5.41, 5.74) is -0.546. The Bertz CT molecular complexity index is 496. The fourth-order valence-electron chi connectivity index (χ4n) is 2.99. The summed E-state index contributed by atoms with van der Waals surface area (Å²) in [6.07, 6.45) is 5.26. The minimum Gasteiger partial charge on any atom is -0.388 e. The molecule has 6 heteroatoms. The molecule has 1 aromatic heterocycles. The number of rotatable bonds is 6. The lowest BCUT2D eigenvalue weighted by Crippen LogP contribution is -2.48. The van der Waals surface area contributed by atoms with Gasteiger partial charge < -0.3 is 15.7 Å². The molecule has 0 bridgehead atoms. The van der Waals surface area contributed by atoms with E-state index in [1.807, 2.05) is 0 Å². The summed E-state index contributed by atoms with van der Waals surface area (Å²) < 4.78 is 0. The van der Waals surface area contributed by atoms with Gasteiger partial charge >= 0.3 is 0 Å². The summed E-state index contributed by atoms with van der Waals surface area (Å²) in [5, 5.41) is 19.4. The first kappa shape index (κ1) is 21.7. The molecule has 4 nitrogen and oxygen atoms in total. The highest BCUT2D eigenvalue weighted by Gasteiger charge is 2.29. The minimum absolute atomic E-state index is 0. The number of halogens is 1. The van der Waals surface area contributed by atoms with Crippen molar-refractivity contribution < 1.29 is 5.11 Å².